The highest BCUT2D eigenvalue weighted by Gasteiger charge is 2.26. The van der Waals surface area contributed by atoms with Gasteiger partial charge in [-0.05, 0) is 46.5 Å². The van der Waals surface area contributed by atoms with E-state index in [-0.39, 0.29) is 28.7 Å². The van der Waals surface area contributed by atoms with Gasteiger partial charge in [0.15, 0.2) is 22.5 Å². The minimum atomic E-state index is -0.692. The summed E-state index contributed by atoms with van der Waals surface area (Å²) in [5.74, 6) is -0.415. The zero-order valence-electron chi connectivity index (χ0n) is 16.0. The molecule has 0 aliphatic heterocycles. The number of nitrogens with one attached hydrogen (secondary N) is 2. The fourth-order valence-corrected chi connectivity index (χ4v) is 3.00. The number of alkyl carbamates (subject to hydrolysis) is 1. The first-order chi connectivity index (χ1) is 12.6. The van der Waals surface area contributed by atoms with E-state index in [1.165, 1.54) is 7.11 Å². The van der Waals surface area contributed by atoms with Gasteiger partial charge in [0, 0.05) is 12.1 Å². The number of nitrogens with two attached hydrogens (primary N) is 1. The highest BCUT2D eigenvalue weighted by Crippen LogP contribution is 2.26. The van der Waals surface area contributed by atoms with Gasteiger partial charge in [-0.2, -0.15) is 0 Å². The molecule has 0 spiro atoms. The molecule has 10 heteroatoms. The van der Waals surface area contributed by atoms with Crippen molar-refractivity contribution >= 4 is 35.3 Å². The Morgan fingerprint density at radius 2 is 1.74 bits per heavy atom. The molecule has 2 rings (SSSR count). The van der Waals surface area contributed by atoms with Crippen LogP contribution in [0.4, 0.5) is 16.4 Å². The van der Waals surface area contributed by atoms with E-state index in [9.17, 15) is 9.59 Å². The van der Waals surface area contributed by atoms with E-state index in [0.717, 1.165) is 25.7 Å². The molecule has 0 bridgehead atoms. The van der Waals surface area contributed by atoms with E-state index in [1.54, 1.807) is 0 Å². The summed E-state index contributed by atoms with van der Waals surface area (Å²) in [7, 11) is 1.23. The second kappa shape index (κ2) is 8.60. The van der Waals surface area contributed by atoms with Crippen LogP contribution in [0, 0.1) is 0 Å². The van der Waals surface area contributed by atoms with Crippen molar-refractivity contribution in [3.8, 4) is 0 Å². The van der Waals surface area contributed by atoms with Gasteiger partial charge < -0.3 is 25.8 Å². The average Bonchev–Trinajstić information content (AvgIpc) is 2.57. The molecule has 0 saturated heterocycles. The normalized spacial score (nSPS) is 19.9. The molecule has 0 atom stereocenters. The Morgan fingerprint density at radius 1 is 1.15 bits per heavy atom. The molecule has 0 unspecified atom stereocenters. The summed E-state index contributed by atoms with van der Waals surface area (Å²) in [5.41, 5.74) is 5.13. The van der Waals surface area contributed by atoms with E-state index in [4.69, 9.17) is 22.1 Å². The number of ether oxygens (including phenoxy) is 2. The van der Waals surface area contributed by atoms with Crippen LogP contribution >= 0.6 is 11.6 Å². The molecule has 1 aromatic heterocycles. The van der Waals surface area contributed by atoms with Crippen LogP contribution in [-0.2, 0) is 9.47 Å². The number of nitrogens with zero attached hydrogens (tertiary/aromatic N) is 2. The Labute approximate surface area is 163 Å². The van der Waals surface area contributed by atoms with Gasteiger partial charge in [-0.3, -0.25) is 0 Å². The minimum Gasteiger partial charge on any atom is -0.464 e. The Hall–Kier alpha value is -2.29. The maximum atomic E-state index is 11.9. The van der Waals surface area contributed by atoms with Gasteiger partial charge in [-0.25, -0.2) is 19.6 Å². The van der Waals surface area contributed by atoms with Gasteiger partial charge in [0.1, 0.15) is 5.60 Å². The quantitative estimate of drug-likeness (QED) is 0.659. The Morgan fingerprint density at radius 3 is 2.30 bits per heavy atom. The summed E-state index contributed by atoms with van der Waals surface area (Å²) < 4.78 is 9.87. The maximum Gasteiger partial charge on any atom is 0.407 e. The van der Waals surface area contributed by atoms with Crippen molar-refractivity contribution in [3.05, 3.63) is 10.8 Å². The largest absolute Gasteiger partial charge is 0.464 e. The number of aromatic nitrogens is 2. The van der Waals surface area contributed by atoms with Crippen LogP contribution in [0.25, 0.3) is 0 Å². The van der Waals surface area contributed by atoms with Crippen molar-refractivity contribution in [3.63, 3.8) is 0 Å². The molecule has 0 aromatic carbocycles. The van der Waals surface area contributed by atoms with Gasteiger partial charge in [0.25, 0.3) is 0 Å². The van der Waals surface area contributed by atoms with Crippen molar-refractivity contribution in [1.82, 2.24) is 15.3 Å². The summed E-state index contributed by atoms with van der Waals surface area (Å²) in [6.07, 6.45) is 2.78. The summed E-state index contributed by atoms with van der Waals surface area (Å²) in [6, 6.07) is 0.170. The number of rotatable bonds is 4. The lowest BCUT2D eigenvalue weighted by Gasteiger charge is -2.30. The number of carbonyl (C=O) groups excluding carboxylic acids is 2. The highest BCUT2D eigenvalue weighted by molar-refractivity contribution is 6.32. The van der Waals surface area contributed by atoms with Crippen LogP contribution in [0.2, 0.25) is 5.15 Å². The summed E-state index contributed by atoms with van der Waals surface area (Å²) in [5, 5.41) is 6.15. The van der Waals surface area contributed by atoms with Crippen LogP contribution < -0.4 is 16.4 Å². The minimum absolute atomic E-state index is 0.0472. The van der Waals surface area contributed by atoms with E-state index in [1.807, 2.05) is 20.8 Å². The van der Waals surface area contributed by atoms with E-state index >= 15 is 0 Å². The van der Waals surface area contributed by atoms with Crippen LogP contribution in [0.5, 0.6) is 0 Å². The predicted molar refractivity (Wildman–Crippen MR) is 102 cm³/mol. The summed E-state index contributed by atoms with van der Waals surface area (Å²) in [6.45, 7) is 5.49. The zero-order chi connectivity index (χ0) is 20.2. The molecule has 0 radical (unpaired) electrons. The Kier molecular flexibility index (Phi) is 6.69. The molecule has 1 aliphatic rings. The van der Waals surface area contributed by atoms with E-state index in [0.29, 0.717) is 5.82 Å². The van der Waals surface area contributed by atoms with Gasteiger partial charge in [-0.15, -0.1) is 0 Å². The fourth-order valence-electron chi connectivity index (χ4n) is 2.82. The molecule has 1 heterocycles. The number of amides is 1. The molecular weight excluding hydrogens is 374 g/mol. The maximum absolute atomic E-state index is 11.9. The van der Waals surface area contributed by atoms with Crippen LogP contribution in [-0.4, -0.2) is 46.8 Å². The number of esters is 1. The van der Waals surface area contributed by atoms with Gasteiger partial charge >= 0.3 is 12.1 Å². The number of halogens is 1. The third kappa shape index (κ3) is 6.13. The molecular formula is C17H26ClN5O4. The third-order valence-electron chi connectivity index (χ3n) is 4.05. The monoisotopic (exact) mass is 399 g/mol. The first kappa shape index (κ1) is 21.0. The first-order valence-corrected chi connectivity index (χ1v) is 9.14. The number of hydrogen-bond acceptors (Lipinski definition) is 8. The molecule has 9 nitrogen and oxygen atoms in total. The Bertz CT molecular complexity index is 699. The van der Waals surface area contributed by atoms with Gasteiger partial charge in [-0.1, -0.05) is 11.6 Å². The lowest BCUT2D eigenvalue weighted by atomic mass is 9.91. The summed E-state index contributed by atoms with van der Waals surface area (Å²) in [4.78, 5) is 31.5. The number of methoxy groups -OCH3 is 1. The molecule has 1 aromatic rings. The molecule has 4 N–H and O–H groups in total. The van der Waals surface area contributed by atoms with Gasteiger partial charge in [0.2, 0.25) is 0 Å². The standard InChI is InChI=1S/C17H26ClN5O4/c1-17(2,3)27-16(25)21-10-7-5-9(6-8-10)20-14-12(18)22-11(13(19)23-14)15(24)26-4/h9-10H,5-8H2,1-4H3,(H,21,25)(H3,19,20,23). The molecule has 1 amide bonds. The molecule has 150 valence electrons. The van der Waals surface area contributed by atoms with E-state index in [2.05, 4.69) is 25.3 Å². The smallest absolute Gasteiger partial charge is 0.407 e. The van der Waals surface area contributed by atoms with Crippen molar-refractivity contribution in [1.29, 1.82) is 0 Å². The molecule has 1 saturated carbocycles. The number of nitrogen functional groups attached to an aromatic ring is 1. The molecule has 1 fully saturated rings. The molecule has 27 heavy (non-hydrogen) atoms. The number of hydrogen-bond donors (Lipinski definition) is 3. The number of anilines is 2. The third-order valence-corrected chi connectivity index (χ3v) is 4.31. The first-order valence-electron chi connectivity index (χ1n) is 8.76. The van der Waals surface area contributed by atoms with Crippen molar-refractivity contribution in [2.45, 2.75) is 64.1 Å². The Balaban J connectivity index is 1.90. The SMILES string of the molecule is COC(=O)c1nc(Cl)c(NC2CCC(NC(=O)OC(C)(C)C)CC2)nc1N. The molecule has 1 aliphatic carbocycles. The van der Waals surface area contributed by atoms with Crippen LogP contribution in [0.15, 0.2) is 0 Å². The van der Waals surface area contributed by atoms with Crippen LogP contribution in [0.3, 0.4) is 0 Å². The lowest BCUT2D eigenvalue weighted by Crippen LogP contribution is -2.42. The fraction of sp³-hybridized carbons (Fsp3) is 0.647. The lowest BCUT2D eigenvalue weighted by molar-refractivity contribution is 0.0491. The second-order valence-corrected chi connectivity index (χ2v) is 7.79. The highest BCUT2D eigenvalue weighted by atomic mass is 35.5. The van der Waals surface area contributed by atoms with Crippen LogP contribution in [0.1, 0.15) is 56.9 Å². The van der Waals surface area contributed by atoms with Crippen molar-refractivity contribution in [2.24, 2.45) is 0 Å². The van der Waals surface area contributed by atoms with E-state index < -0.39 is 17.7 Å². The topological polar surface area (TPSA) is 128 Å². The van der Waals surface area contributed by atoms with Crippen molar-refractivity contribution < 1.29 is 19.1 Å². The van der Waals surface area contributed by atoms with Gasteiger partial charge in [0.05, 0.1) is 7.11 Å². The predicted octanol–water partition coefficient (Wildman–Crippen LogP) is 2.75. The van der Waals surface area contributed by atoms with Crippen molar-refractivity contribution in [2.75, 3.05) is 18.2 Å². The summed E-state index contributed by atoms with van der Waals surface area (Å²) >= 11 is 6.11. The zero-order valence-corrected chi connectivity index (χ0v) is 16.7. The second-order valence-electron chi connectivity index (χ2n) is 7.43. The number of carbonyl (C=O) groups is 2. The average molecular weight is 400 g/mol.